The molecule has 2 fully saturated rings. The van der Waals surface area contributed by atoms with Gasteiger partial charge in [-0.2, -0.15) is 0 Å². The molecule has 88 valence electrons. The molecule has 3 heteroatoms. The highest BCUT2D eigenvalue weighted by Gasteiger charge is 2.35. The van der Waals surface area contributed by atoms with Crippen molar-refractivity contribution in [2.75, 3.05) is 26.2 Å². The van der Waals surface area contributed by atoms with Gasteiger partial charge in [0.05, 0.1) is 12.2 Å². The summed E-state index contributed by atoms with van der Waals surface area (Å²) in [6.45, 7) is 9.09. The zero-order valence-corrected chi connectivity index (χ0v) is 10.0. The van der Waals surface area contributed by atoms with Crippen LogP contribution in [0.4, 0.5) is 0 Å². The second-order valence-electron chi connectivity index (χ2n) is 4.96. The number of nitrogens with one attached hydrogen (secondary N) is 1. The summed E-state index contributed by atoms with van der Waals surface area (Å²) in [5.74, 6) is 0. The normalized spacial score (nSPS) is 33.2. The van der Waals surface area contributed by atoms with Crippen molar-refractivity contribution in [3.63, 3.8) is 0 Å². The molecule has 2 heterocycles. The van der Waals surface area contributed by atoms with Crippen LogP contribution in [0.2, 0.25) is 0 Å². The first-order valence-electron chi connectivity index (χ1n) is 6.39. The Hall–Kier alpha value is -0.120. The maximum Gasteiger partial charge on any atom is 0.0707 e. The highest BCUT2D eigenvalue weighted by Crippen LogP contribution is 2.27. The van der Waals surface area contributed by atoms with E-state index in [1.165, 1.54) is 19.3 Å². The molecular weight excluding hydrogens is 188 g/mol. The molecular formula is C12H24N2O. The molecule has 2 aliphatic rings. The van der Waals surface area contributed by atoms with Crippen molar-refractivity contribution in [1.29, 1.82) is 0 Å². The molecule has 3 atom stereocenters. The van der Waals surface area contributed by atoms with Crippen LogP contribution in [0.15, 0.2) is 0 Å². The first kappa shape index (κ1) is 11.4. The van der Waals surface area contributed by atoms with Gasteiger partial charge in [-0.3, -0.25) is 4.90 Å². The second kappa shape index (κ2) is 5.28. The molecule has 0 amide bonds. The maximum absolute atomic E-state index is 5.84. The van der Waals surface area contributed by atoms with E-state index in [9.17, 15) is 0 Å². The van der Waals surface area contributed by atoms with Crippen LogP contribution in [0.5, 0.6) is 0 Å². The summed E-state index contributed by atoms with van der Waals surface area (Å²) in [5, 5.41) is 3.50. The number of nitrogens with zero attached hydrogens (tertiary/aromatic N) is 1. The second-order valence-corrected chi connectivity index (χ2v) is 4.96. The molecule has 3 unspecified atom stereocenters. The molecule has 3 nitrogen and oxygen atoms in total. The Morgan fingerprint density at radius 3 is 2.60 bits per heavy atom. The van der Waals surface area contributed by atoms with Gasteiger partial charge in [0.2, 0.25) is 0 Å². The Morgan fingerprint density at radius 1 is 1.33 bits per heavy atom. The quantitative estimate of drug-likeness (QED) is 0.694. The van der Waals surface area contributed by atoms with Crippen molar-refractivity contribution < 1.29 is 4.74 Å². The predicted molar refractivity (Wildman–Crippen MR) is 62.1 cm³/mol. The lowest BCUT2D eigenvalue weighted by atomic mass is 10.2. The third-order valence-electron chi connectivity index (χ3n) is 3.56. The van der Waals surface area contributed by atoms with Crippen molar-refractivity contribution in [2.45, 2.75) is 51.4 Å². The van der Waals surface area contributed by atoms with E-state index in [4.69, 9.17) is 4.74 Å². The van der Waals surface area contributed by atoms with Crippen LogP contribution >= 0.6 is 0 Å². The molecule has 2 rings (SSSR count). The predicted octanol–water partition coefficient (Wildman–Crippen LogP) is 1.24. The van der Waals surface area contributed by atoms with Gasteiger partial charge in [0.25, 0.3) is 0 Å². The summed E-state index contributed by atoms with van der Waals surface area (Å²) < 4.78 is 5.84. The van der Waals surface area contributed by atoms with Gasteiger partial charge in [0.15, 0.2) is 0 Å². The van der Waals surface area contributed by atoms with Crippen molar-refractivity contribution in [3.8, 4) is 0 Å². The van der Waals surface area contributed by atoms with E-state index in [0.29, 0.717) is 18.2 Å². The van der Waals surface area contributed by atoms with E-state index in [2.05, 4.69) is 24.1 Å². The van der Waals surface area contributed by atoms with Crippen LogP contribution in [0.3, 0.4) is 0 Å². The fourth-order valence-electron chi connectivity index (χ4n) is 2.62. The van der Waals surface area contributed by atoms with Crippen LogP contribution < -0.4 is 5.32 Å². The Morgan fingerprint density at radius 2 is 2.00 bits per heavy atom. The lowest BCUT2D eigenvalue weighted by molar-refractivity contribution is -0.0500. The number of hydrogen-bond donors (Lipinski definition) is 1. The van der Waals surface area contributed by atoms with E-state index in [1.54, 1.807) is 0 Å². The van der Waals surface area contributed by atoms with Gasteiger partial charge in [-0.1, -0.05) is 6.92 Å². The fourth-order valence-corrected chi connectivity index (χ4v) is 2.62. The molecule has 0 saturated carbocycles. The molecule has 2 bridgehead atoms. The number of rotatable bonds is 5. The van der Waals surface area contributed by atoms with Gasteiger partial charge in [0.1, 0.15) is 0 Å². The molecule has 2 saturated heterocycles. The summed E-state index contributed by atoms with van der Waals surface area (Å²) in [6.07, 6.45) is 4.82. The zero-order valence-electron chi connectivity index (χ0n) is 10.0. The number of hydrogen-bond acceptors (Lipinski definition) is 3. The molecule has 15 heavy (non-hydrogen) atoms. The molecule has 0 radical (unpaired) electrons. The first-order valence-corrected chi connectivity index (χ1v) is 6.39. The highest BCUT2D eigenvalue weighted by atomic mass is 16.5. The molecule has 2 aliphatic heterocycles. The number of morpholine rings is 1. The van der Waals surface area contributed by atoms with E-state index in [-0.39, 0.29) is 0 Å². The largest absolute Gasteiger partial charge is 0.372 e. The van der Waals surface area contributed by atoms with Crippen LogP contribution in [0.25, 0.3) is 0 Å². The highest BCUT2D eigenvalue weighted by molar-refractivity contribution is 4.87. The van der Waals surface area contributed by atoms with Gasteiger partial charge in [-0.05, 0) is 32.7 Å². The Labute approximate surface area is 93.2 Å². The number of likely N-dealkylation sites (tertiary alicyclic amines) is 1. The molecule has 0 aromatic heterocycles. The lowest BCUT2D eigenvalue weighted by Crippen LogP contribution is -2.50. The van der Waals surface area contributed by atoms with Crippen LogP contribution in [-0.4, -0.2) is 49.3 Å². The summed E-state index contributed by atoms with van der Waals surface area (Å²) in [5.41, 5.74) is 0. The molecule has 0 aromatic rings. The number of fused-ring (bicyclic) bond motifs is 2. The van der Waals surface area contributed by atoms with E-state index < -0.39 is 0 Å². The summed E-state index contributed by atoms with van der Waals surface area (Å²) in [4.78, 5) is 2.59. The van der Waals surface area contributed by atoms with Gasteiger partial charge in [-0.25, -0.2) is 0 Å². The molecule has 0 aromatic carbocycles. The van der Waals surface area contributed by atoms with E-state index in [0.717, 1.165) is 26.2 Å². The average molecular weight is 212 g/mol. The Bertz CT molecular complexity index is 186. The van der Waals surface area contributed by atoms with Gasteiger partial charge >= 0.3 is 0 Å². The smallest absolute Gasteiger partial charge is 0.0707 e. The summed E-state index contributed by atoms with van der Waals surface area (Å²) in [6, 6.07) is 0.656. The Balaban J connectivity index is 1.73. The summed E-state index contributed by atoms with van der Waals surface area (Å²) in [7, 11) is 0. The van der Waals surface area contributed by atoms with Crippen molar-refractivity contribution in [3.05, 3.63) is 0 Å². The van der Waals surface area contributed by atoms with E-state index in [1.807, 2.05) is 0 Å². The zero-order chi connectivity index (χ0) is 10.7. The topological polar surface area (TPSA) is 24.5 Å². The van der Waals surface area contributed by atoms with E-state index >= 15 is 0 Å². The third-order valence-corrected chi connectivity index (χ3v) is 3.56. The van der Waals surface area contributed by atoms with Crippen molar-refractivity contribution in [1.82, 2.24) is 10.2 Å². The van der Waals surface area contributed by atoms with Gasteiger partial charge in [0, 0.05) is 25.7 Å². The van der Waals surface area contributed by atoms with Gasteiger partial charge in [-0.15, -0.1) is 0 Å². The summed E-state index contributed by atoms with van der Waals surface area (Å²) >= 11 is 0. The van der Waals surface area contributed by atoms with Crippen LogP contribution in [0.1, 0.15) is 33.1 Å². The minimum absolute atomic E-state index is 0.525. The fraction of sp³-hybridized carbons (Fsp3) is 1.00. The van der Waals surface area contributed by atoms with Crippen molar-refractivity contribution in [2.24, 2.45) is 0 Å². The Kier molecular flexibility index (Phi) is 4.00. The van der Waals surface area contributed by atoms with Crippen LogP contribution in [0, 0.1) is 0 Å². The minimum Gasteiger partial charge on any atom is -0.372 e. The number of ether oxygens (including phenoxy) is 1. The first-order chi connectivity index (χ1) is 7.29. The van der Waals surface area contributed by atoms with Crippen LogP contribution in [-0.2, 0) is 4.74 Å². The maximum atomic E-state index is 5.84. The van der Waals surface area contributed by atoms with Gasteiger partial charge < -0.3 is 10.1 Å². The standard InChI is InChI=1S/C12H24N2O/c1-3-6-13-7-10(2)14-8-11-4-5-12(9-14)15-11/h10-13H,3-9H2,1-2H3. The lowest BCUT2D eigenvalue weighted by Gasteiger charge is -2.36. The third kappa shape index (κ3) is 2.92. The molecule has 1 N–H and O–H groups in total. The SMILES string of the molecule is CCCNCC(C)N1CC2CCC(C1)O2. The minimum atomic E-state index is 0.525. The monoisotopic (exact) mass is 212 g/mol. The molecule has 0 spiro atoms. The molecule has 0 aliphatic carbocycles. The van der Waals surface area contributed by atoms with Crippen molar-refractivity contribution >= 4 is 0 Å². The average Bonchev–Trinajstić information content (AvgIpc) is 2.58.